The number of ether oxygens (including phenoxy) is 1. The van der Waals surface area contributed by atoms with Gasteiger partial charge in [0.15, 0.2) is 6.17 Å². The first kappa shape index (κ1) is 44.8. The van der Waals surface area contributed by atoms with Crippen LogP contribution in [-0.4, -0.2) is 97.5 Å². The van der Waals surface area contributed by atoms with E-state index in [-0.39, 0.29) is 29.6 Å². The number of halogens is 1. The van der Waals surface area contributed by atoms with Crippen LogP contribution >= 0.6 is 0 Å². The Morgan fingerprint density at radius 2 is 1.82 bits per heavy atom. The predicted molar refractivity (Wildman–Crippen MR) is 240 cm³/mol. The first-order valence-corrected chi connectivity index (χ1v) is 21.3. The number of aryl methyl sites for hydroxylation is 1. The first-order valence-electron chi connectivity index (χ1n) is 21.3. The fraction of sp³-hybridized carbons (Fsp3) is 0.417. The molecule has 322 valence electrons. The number of aromatic nitrogens is 1. The molecule has 61 heavy (non-hydrogen) atoms. The number of nitrogens with zero attached hydrogens (tertiary/aromatic N) is 5. The lowest BCUT2D eigenvalue weighted by molar-refractivity contribution is -0.143. The largest absolute Gasteiger partial charge is 0.476 e. The smallest absolute Gasteiger partial charge is 0.227 e. The highest BCUT2D eigenvalue weighted by Gasteiger charge is 2.45. The van der Waals surface area contributed by atoms with Gasteiger partial charge in [-0.05, 0) is 94.6 Å². The van der Waals surface area contributed by atoms with Gasteiger partial charge in [0.05, 0.1) is 12.1 Å². The summed E-state index contributed by atoms with van der Waals surface area (Å²) in [4.78, 5) is 51.9. The van der Waals surface area contributed by atoms with Gasteiger partial charge in [-0.3, -0.25) is 29.7 Å². The van der Waals surface area contributed by atoms with Crippen molar-refractivity contribution < 1.29 is 23.5 Å². The highest BCUT2D eigenvalue weighted by Crippen LogP contribution is 2.40. The molecule has 2 fully saturated rings. The lowest BCUT2D eigenvalue weighted by Gasteiger charge is -2.50. The van der Waals surface area contributed by atoms with E-state index in [1.54, 1.807) is 24.6 Å². The van der Waals surface area contributed by atoms with E-state index in [0.717, 1.165) is 92.0 Å². The van der Waals surface area contributed by atoms with Crippen LogP contribution in [0.2, 0.25) is 0 Å². The number of amides is 3. The maximum Gasteiger partial charge on any atom is 0.227 e. The zero-order valence-electron chi connectivity index (χ0n) is 36.1. The third-order valence-corrected chi connectivity index (χ3v) is 11.4. The van der Waals surface area contributed by atoms with E-state index in [0.29, 0.717) is 30.2 Å². The third kappa shape index (κ3) is 12.4. The molecule has 1 aromatic heterocycles. The minimum absolute atomic E-state index is 0.00247. The molecule has 1 unspecified atom stereocenters. The number of hydrogen-bond acceptors (Lipinski definition) is 10. The molecule has 0 aliphatic carbocycles. The molecular weight excluding hydrogens is 772 g/mol. The summed E-state index contributed by atoms with van der Waals surface area (Å²) in [6.07, 6.45) is 9.65. The number of carbonyl (C=O) groups excluding carboxylic acids is 3. The molecule has 1 spiro atoms. The van der Waals surface area contributed by atoms with Crippen molar-refractivity contribution >= 4 is 41.5 Å². The number of carbonyl (C=O) groups is 3. The Bertz CT molecular complexity index is 2220. The standard InChI is InChI=1S/C35H40FN7O2.C7H8.C6H11NO2/c1-23-28(19-40-34-29(23)18-37-10-13-45-34)24-4-5-26-17-39-32(20-38-31(26)14-24)41-27-7-6-25(30(36)16-27)15-33(44)43-21-35(22-43)8-3-11-42(2)12-9-35;1-7-5-3-2-4-6-7;1-3-4-6(9)7-5(2)8/h4-7,14,16-17,19-20,32,37,41H,3,8-13,15,18,21-22H2,1-2H3;2-6H,1H3;3-4H2,1-2H3,(H,7,8,9). The number of hydrogen-bond donors (Lipinski definition) is 3. The Morgan fingerprint density at radius 1 is 1.02 bits per heavy atom. The lowest BCUT2D eigenvalue weighted by atomic mass is 9.73. The van der Waals surface area contributed by atoms with Crippen LogP contribution < -0.4 is 20.7 Å². The summed E-state index contributed by atoms with van der Waals surface area (Å²) in [6.45, 7) is 13.3. The van der Waals surface area contributed by atoms with Gasteiger partial charge in [0.2, 0.25) is 23.6 Å². The van der Waals surface area contributed by atoms with E-state index in [9.17, 15) is 14.4 Å². The monoisotopic (exact) mass is 830 g/mol. The topological polar surface area (TPSA) is 141 Å². The molecule has 4 aliphatic heterocycles. The van der Waals surface area contributed by atoms with Crippen molar-refractivity contribution in [2.45, 2.75) is 78.9 Å². The van der Waals surface area contributed by atoms with E-state index in [1.165, 1.54) is 25.0 Å². The van der Waals surface area contributed by atoms with Crippen molar-refractivity contribution in [3.63, 3.8) is 0 Å². The Morgan fingerprint density at radius 3 is 2.54 bits per heavy atom. The van der Waals surface area contributed by atoms with E-state index < -0.39 is 12.0 Å². The summed E-state index contributed by atoms with van der Waals surface area (Å²) >= 11 is 0. The summed E-state index contributed by atoms with van der Waals surface area (Å²) in [7, 11) is 2.16. The molecule has 1 atom stereocenters. The van der Waals surface area contributed by atoms with Crippen LogP contribution in [0.1, 0.15) is 73.8 Å². The SMILES string of the molecule is CCCC(=O)NC(C)=O.Cc1c(-c2ccc3c(c2)N=CC(Nc2ccc(CC(=O)N4CC5(CCCN(C)CC5)C4)c(F)c2)N=C3)cnc2c1CNCCO2.Cc1ccccc1. The van der Waals surface area contributed by atoms with E-state index in [1.807, 2.05) is 48.4 Å². The second kappa shape index (κ2) is 21.1. The molecule has 3 aromatic carbocycles. The Balaban J connectivity index is 0.000000327. The number of aliphatic imine (C=N–C) groups is 2. The zero-order valence-corrected chi connectivity index (χ0v) is 36.1. The minimum atomic E-state index is -0.470. The van der Waals surface area contributed by atoms with E-state index >= 15 is 4.39 Å². The van der Waals surface area contributed by atoms with Gasteiger partial charge in [0.25, 0.3) is 0 Å². The molecule has 5 heterocycles. The normalized spacial score (nSPS) is 17.5. The average molecular weight is 831 g/mol. The predicted octanol–water partition coefficient (Wildman–Crippen LogP) is 7.18. The third-order valence-electron chi connectivity index (χ3n) is 11.4. The Labute approximate surface area is 359 Å². The molecule has 0 saturated carbocycles. The number of benzene rings is 3. The Kier molecular flexibility index (Phi) is 15.5. The summed E-state index contributed by atoms with van der Waals surface area (Å²) in [6, 6.07) is 21.3. The van der Waals surface area contributed by atoms with Crippen molar-refractivity contribution in [1.29, 1.82) is 0 Å². The maximum atomic E-state index is 15.2. The van der Waals surface area contributed by atoms with Crippen LogP contribution in [-0.2, 0) is 27.3 Å². The molecule has 0 bridgehead atoms. The van der Waals surface area contributed by atoms with Gasteiger partial charge >= 0.3 is 0 Å². The average Bonchev–Trinajstić information content (AvgIpc) is 3.68. The number of fused-ring (bicyclic) bond motifs is 2. The van der Waals surface area contributed by atoms with Crippen LogP contribution in [0.4, 0.5) is 15.8 Å². The number of pyridine rings is 1. The van der Waals surface area contributed by atoms with Crippen LogP contribution in [0, 0.1) is 25.1 Å². The zero-order chi connectivity index (χ0) is 43.4. The van der Waals surface area contributed by atoms with Gasteiger partial charge in [-0.2, -0.15) is 0 Å². The van der Waals surface area contributed by atoms with Gasteiger partial charge < -0.3 is 25.2 Å². The molecule has 4 aromatic rings. The van der Waals surface area contributed by atoms with Crippen molar-refractivity contribution in [2.75, 3.05) is 51.7 Å². The maximum absolute atomic E-state index is 15.2. The van der Waals surface area contributed by atoms with Crippen LogP contribution in [0.3, 0.4) is 0 Å². The number of imide groups is 1. The summed E-state index contributed by atoms with van der Waals surface area (Å²) in [5, 5.41) is 8.80. The first-order chi connectivity index (χ1) is 29.4. The fourth-order valence-electron chi connectivity index (χ4n) is 7.93. The Hall–Kier alpha value is -5.79. The van der Waals surface area contributed by atoms with Gasteiger partial charge in [-0.25, -0.2) is 9.37 Å². The number of rotatable bonds is 7. The van der Waals surface area contributed by atoms with Gasteiger partial charge in [0.1, 0.15) is 12.4 Å². The summed E-state index contributed by atoms with van der Waals surface area (Å²) in [5.74, 6) is -0.179. The van der Waals surface area contributed by atoms with E-state index in [2.05, 4.69) is 69.9 Å². The number of likely N-dealkylation sites (tertiary alicyclic amines) is 2. The van der Waals surface area contributed by atoms with Crippen LogP contribution in [0.25, 0.3) is 11.1 Å². The number of anilines is 1. The molecule has 13 heteroatoms. The van der Waals surface area contributed by atoms with Crippen LogP contribution in [0.15, 0.2) is 82.9 Å². The summed E-state index contributed by atoms with van der Waals surface area (Å²) < 4.78 is 20.9. The van der Waals surface area contributed by atoms with Crippen molar-refractivity contribution in [2.24, 2.45) is 15.4 Å². The number of nitrogens with one attached hydrogen (secondary N) is 3. The lowest BCUT2D eigenvalue weighted by Crippen LogP contribution is -2.59. The highest BCUT2D eigenvalue weighted by atomic mass is 19.1. The molecule has 3 amide bonds. The fourth-order valence-corrected chi connectivity index (χ4v) is 7.93. The molecule has 4 aliphatic rings. The summed E-state index contributed by atoms with van der Waals surface area (Å²) in [5.41, 5.74) is 8.52. The minimum Gasteiger partial charge on any atom is -0.476 e. The van der Waals surface area contributed by atoms with Gasteiger partial charge in [-0.15, -0.1) is 0 Å². The second-order valence-corrected chi connectivity index (χ2v) is 16.4. The van der Waals surface area contributed by atoms with E-state index in [4.69, 9.17) is 9.73 Å². The molecule has 8 rings (SSSR count). The van der Waals surface area contributed by atoms with Gasteiger partial charge in [0, 0.05) is 85.9 Å². The second-order valence-electron chi connectivity index (χ2n) is 16.4. The molecule has 2 saturated heterocycles. The van der Waals surface area contributed by atoms with Crippen molar-refractivity contribution in [3.8, 4) is 17.0 Å². The molecule has 12 nitrogen and oxygen atoms in total. The molecular formula is C48H59FN8O4. The van der Waals surface area contributed by atoms with Crippen LogP contribution in [0.5, 0.6) is 5.88 Å². The molecule has 3 N–H and O–H groups in total. The quantitative estimate of drug-likeness (QED) is 0.178. The van der Waals surface area contributed by atoms with Gasteiger partial charge in [-0.1, -0.05) is 61.0 Å². The highest BCUT2D eigenvalue weighted by molar-refractivity contribution is 5.94. The van der Waals surface area contributed by atoms with Crippen molar-refractivity contribution in [3.05, 3.63) is 107 Å². The van der Waals surface area contributed by atoms with Crippen molar-refractivity contribution in [1.82, 2.24) is 25.4 Å². The molecule has 0 radical (unpaired) electrons.